The lowest BCUT2D eigenvalue weighted by Gasteiger charge is -2.11. The Morgan fingerprint density at radius 3 is 2.85 bits per heavy atom. The summed E-state index contributed by atoms with van der Waals surface area (Å²) >= 11 is 4.61. The van der Waals surface area contributed by atoms with Gasteiger partial charge in [0, 0.05) is 0 Å². The Kier molecular flexibility index (Phi) is 6.24. The molecular formula is C12H15N3O4S. The van der Waals surface area contributed by atoms with Crippen LogP contribution >= 0.6 is 12.2 Å². The topological polar surface area (TPSA) is 106 Å². The molecule has 0 aromatic heterocycles. The highest BCUT2D eigenvalue weighted by Gasteiger charge is 2.07. The molecule has 1 aromatic rings. The van der Waals surface area contributed by atoms with Crippen LogP contribution in [0.25, 0.3) is 0 Å². The van der Waals surface area contributed by atoms with Crippen LogP contribution in [0.3, 0.4) is 0 Å². The molecule has 7 nitrogen and oxygen atoms in total. The fourth-order valence-electron chi connectivity index (χ4n) is 1.30. The largest absolute Gasteiger partial charge is 0.490 e. The highest BCUT2D eigenvalue weighted by atomic mass is 32.1. The van der Waals surface area contributed by atoms with Crippen molar-refractivity contribution in [2.45, 2.75) is 6.92 Å². The van der Waals surface area contributed by atoms with Crippen LogP contribution in [0.5, 0.6) is 11.5 Å². The van der Waals surface area contributed by atoms with Crippen molar-refractivity contribution in [1.29, 1.82) is 0 Å². The number of carboxylic acids is 1. The smallest absolute Gasteiger partial charge is 0.341 e. The van der Waals surface area contributed by atoms with E-state index < -0.39 is 12.6 Å². The number of ether oxygens (including phenoxy) is 2. The molecule has 0 radical (unpaired) electrons. The number of hydrogen-bond donors (Lipinski definition) is 3. The van der Waals surface area contributed by atoms with Gasteiger partial charge in [-0.25, -0.2) is 4.79 Å². The van der Waals surface area contributed by atoms with Crippen molar-refractivity contribution in [2.75, 3.05) is 13.2 Å². The quantitative estimate of drug-likeness (QED) is 0.387. The predicted octanol–water partition coefficient (Wildman–Crippen LogP) is 0.716. The van der Waals surface area contributed by atoms with E-state index in [4.69, 9.17) is 20.3 Å². The van der Waals surface area contributed by atoms with Crippen LogP contribution in [0.15, 0.2) is 23.3 Å². The van der Waals surface area contributed by atoms with Crippen molar-refractivity contribution < 1.29 is 19.4 Å². The van der Waals surface area contributed by atoms with Gasteiger partial charge in [-0.2, -0.15) is 5.10 Å². The molecule has 0 amide bonds. The van der Waals surface area contributed by atoms with Gasteiger partial charge in [0.15, 0.2) is 23.2 Å². The molecule has 8 heteroatoms. The number of carbonyl (C=O) groups is 1. The van der Waals surface area contributed by atoms with Gasteiger partial charge in [-0.3, -0.25) is 5.43 Å². The Balaban J connectivity index is 2.85. The van der Waals surface area contributed by atoms with Gasteiger partial charge in [-0.15, -0.1) is 0 Å². The van der Waals surface area contributed by atoms with E-state index in [9.17, 15) is 4.79 Å². The van der Waals surface area contributed by atoms with Crippen molar-refractivity contribution in [3.8, 4) is 11.5 Å². The molecule has 0 unspecified atom stereocenters. The van der Waals surface area contributed by atoms with Gasteiger partial charge >= 0.3 is 5.97 Å². The lowest BCUT2D eigenvalue weighted by atomic mass is 10.2. The first-order valence-electron chi connectivity index (χ1n) is 5.73. The van der Waals surface area contributed by atoms with E-state index in [1.807, 2.05) is 6.92 Å². The van der Waals surface area contributed by atoms with E-state index >= 15 is 0 Å². The second-order valence-corrected chi connectivity index (χ2v) is 4.00. The number of aliphatic carboxylic acids is 1. The van der Waals surface area contributed by atoms with Crippen molar-refractivity contribution in [2.24, 2.45) is 10.8 Å². The molecule has 0 aliphatic heterocycles. The van der Waals surface area contributed by atoms with Crippen LogP contribution in [0, 0.1) is 0 Å². The molecule has 0 aliphatic rings. The zero-order chi connectivity index (χ0) is 15.0. The number of benzene rings is 1. The second kappa shape index (κ2) is 7.95. The predicted molar refractivity (Wildman–Crippen MR) is 78.3 cm³/mol. The number of hydrogen-bond acceptors (Lipinski definition) is 5. The summed E-state index contributed by atoms with van der Waals surface area (Å²) in [6, 6.07) is 4.98. The molecule has 108 valence electrons. The maximum absolute atomic E-state index is 10.5. The first-order chi connectivity index (χ1) is 9.52. The number of rotatable bonds is 7. The van der Waals surface area contributed by atoms with E-state index in [0.717, 1.165) is 5.56 Å². The third-order valence-electron chi connectivity index (χ3n) is 2.01. The van der Waals surface area contributed by atoms with Crippen molar-refractivity contribution in [1.82, 2.24) is 5.43 Å². The maximum Gasteiger partial charge on any atom is 0.341 e. The van der Waals surface area contributed by atoms with Crippen LogP contribution in [-0.4, -0.2) is 35.6 Å². The van der Waals surface area contributed by atoms with Crippen LogP contribution in [0.2, 0.25) is 0 Å². The van der Waals surface area contributed by atoms with Crippen LogP contribution in [0.4, 0.5) is 0 Å². The fourth-order valence-corrected chi connectivity index (χ4v) is 1.36. The number of hydrazone groups is 1. The summed E-state index contributed by atoms with van der Waals surface area (Å²) in [5.74, 6) is -0.263. The zero-order valence-corrected chi connectivity index (χ0v) is 11.6. The molecule has 0 atom stereocenters. The molecule has 1 rings (SSSR count). The fraction of sp³-hybridized carbons (Fsp3) is 0.250. The first-order valence-corrected chi connectivity index (χ1v) is 6.13. The number of nitrogens with one attached hydrogen (secondary N) is 1. The van der Waals surface area contributed by atoms with Gasteiger partial charge in [0.25, 0.3) is 0 Å². The van der Waals surface area contributed by atoms with Crippen LogP contribution in [0.1, 0.15) is 12.5 Å². The SMILES string of the molecule is CCOc1cc(C=NNC(N)=S)ccc1OCC(=O)O. The van der Waals surface area contributed by atoms with Gasteiger partial charge in [-0.05, 0) is 42.9 Å². The Bertz CT molecular complexity index is 519. The van der Waals surface area contributed by atoms with Gasteiger partial charge in [0.2, 0.25) is 0 Å². The third kappa shape index (κ3) is 5.53. The van der Waals surface area contributed by atoms with E-state index in [1.54, 1.807) is 18.2 Å². The zero-order valence-electron chi connectivity index (χ0n) is 10.8. The summed E-state index contributed by atoms with van der Waals surface area (Å²) < 4.78 is 10.5. The summed E-state index contributed by atoms with van der Waals surface area (Å²) in [6.07, 6.45) is 1.50. The minimum Gasteiger partial charge on any atom is -0.490 e. The monoisotopic (exact) mass is 297 g/mol. The Labute approximate surface area is 121 Å². The Morgan fingerprint density at radius 1 is 1.50 bits per heavy atom. The maximum atomic E-state index is 10.5. The van der Waals surface area contributed by atoms with E-state index in [-0.39, 0.29) is 5.11 Å². The number of nitrogens with zero attached hydrogens (tertiary/aromatic N) is 1. The van der Waals surface area contributed by atoms with Gasteiger partial charge in [0.1, 0.15) is 0 Å². The average Bonchev–Trinajstić information content (AvgIpc) is 2.37. The second-order valence-electron chi connectivity index (χ2n) is 3.56. The molecule has 20 heavy (non-hydrogen) atoms. The lowest BCUT2D eigenvalue weighted by Crippen LogP contribution is -2.23. The van der Waals surface area contributed by atoms with Gasteiger partial charge in [0.05, 0.1) is 12.8 Å². The van der Waals surface area contributed by atoms with E-state index in [0.29, 0.717) is 18.1 Å². The summed E-state index contributed by atoms with van der Waals surface area (Å²) in [6.45, 7) is 1.81. The normalized spacial score (nSPS) is 10.2. The van der Waals surface area contributed by atoms with Crippen LogP contribution in [-0.2, 0) is 4.79 Å². The molecule has 0 fully saturated rings. The van der Waals surface area contributed by atoms with Gasteiger partial charge in [-0.1, -0.05) is 0 Å². The molecule has 1 aromatic carbocycles. The summed E-state index contributed by atoms with van der Waals surface area (Å²) in [5.41, 5.74) is 8.38. The number of thiocarbonyl (C=S) groups is 1. The highest BCUT2D eigenvalue weighted by molar-refractivity contribution is 7.80. The summed E-state index contributed by atoms with van der Waals surface area (Å²) in [7, 11) is 0. The van der Waals surface area contributed by atoms with Crippen molar-refractivity contribution in [3.63, 3.8) is 0 Å². The molecule has 0 spiro atoms. The van der Waals surface area contributed by atoms with E-state index in [1.165, 1.54) is 6.21 Å². The summed E-state index contributed by atoms with van der Waals surface area (Å²) in [5, 5.41) is 12.5. The minimum absolute atomic E-state index is 0.0627. The number of carboxylic acid groups (broad SMARTS) is 1. The first kappa shape index (κ1) is 15.7. The standard InChI is InChI=1S/C12H15N3O4S/c1-2-18-10-5-8(6-14-15-12(13)20)3-4-9(10)19-7-11(16)17/h3-6H,2,7H2,1H3,(H,16,17)(H3,13,15,20). The third-order valence-corrected chi connectivity index (χ3v) is 2.10. The Hall–Kier alpha value is -2.35. The molecule has 0 aliphatic carbocycles. The number of nitrogens with two attached hydrogens (primary N) is 1. The summed E-state index contributed by atoms with van der Waals surface area (Å²) in [4.78, 5) is 10.5. The van der Waals surface area contributed by atoms with Crippen molar-refractivity contribution in [3.05, 3.63) is 23.8 Å². The molecule has 0 saturated carbocycles. The molecule has 0 heterocycles. The molecule has 0 bridgehead atoms. The molecule has 0 saturated heterocycles. The van der Waals surface area contributed by atoms with Gasteiger partial charge < -0.3 is 20.3 Å². The van der Waals surface area contributed by atoms with Crippen molar-refractivity contribution >= 4 is 29.5 Å². The van der Waals surface area contributed by atoms with Crippen LogP contribution < -0.4 is 20.6 Å². The highest BCUT2D eigenvalue weighted by Crippen LogP contribution is 2.27. The molecule has 4 N–H and O–H groups in total. The minimum atomic E-state index is -1.06. The average molecular weight is 297 g/mol. The van der Waals surface area contributed by atoms with E-state index in [2.05, 4.69) is 22.7 Å². The lowest BCUT2D eigenvalue weighted by molar-refractivity contribution is -0.139. The molecular weight excluding hydrogens is 282 g/mol. The Morgan fingerprint density at radius 2 is 2.25 bits per heavy atom.